The number of amides is 2. The molecule has 34 heavy (non-hydrogen) atoms. The number of nitrogens with one attached hydrogen (secondary N) is 2. The number of carbonyl (C=O) groups excluding carboxylic acids is 2. The van der Waals surface area contributed by atoms with E-state index in [0.717, 1.165) is 28.9 Å². The van der Waals surface area contributed by atoms with E-state index in [1.807, 2.05) is 18.2 Å². The maximum atomic E-state index is 13.1. The van der Waals surface area contributed by atoms with Gasteiger partial charge in [-0.1, -0.05) is 55.8 Å². The number of aromatic nitrogens is 2. The molecule has 2 amide bonds. The van der Waals surface area contributed by atoms with Gasteiger partial charge in [0.25, 0.3) is 11.8 Å². The summed E-state index contributed by atoms with van der Waals surface area (Å²) >= 11 is 0. The summed E-state index contributed by atoms with van der Waals surface area (Å²) in [5.74, 6) is 4.92. The number of nitrogens with two attached hydrogens (primary N) is 1. The number of benzene rings is 3. The molecule has 0 fully saturated rings. The van der Waals surface area contributed by atoms with Crippen LogP contribution in [0, 0.1) is 0 Å². The molecule has 1 aromatic heterocycles. The SMILES string of the molecule is CCCc1ccc(C(=O)NC(c2ccccc2)C(O)C(=O)N(N)c2ccc3nc[nH]c3c2)cc1. The number of hydrogen-bond donors (Lipinski definition) is 4. The number of nitrogens with zero attached hydrogens (tertiary/aromatic N) is 2. The first-order chi connectivity index (χ1) is 16.5. The molecule has 0 aliphatic carbocycles. The summed E-state index contributed by atoms with van der Waals surface area (Å²) in [6, 6.07) is 20.2. The van der Waals surface area contributed by atoms with Gasteiger partial charge >= 0.3 is 0 Å². The lowest BCUT2D eigenvalue weighted by atomic mass is 9.99. The first-order valence-corrected chi connectivity index (χ1v) is 11.1. The van der Waals surface area contributed by atoms with Gasteiger partial charge in [0, 0.05) is 5.56 Å². The standard InChI is InChI=1S/C26H27N5O3/c1-2-6-17-9-11-19(12-10-17)25(33)30-23(18-7-4-3-5-8-18)24(32)26(34)31(27)20-13-14-21-22(15-20)29-16-28-21/h3-5,7-16,23-24,32H,2,6,27H2,1H3,(H,28,29)(H,30,33). The van der Waals surface area contributed by atoms with Crippen LogP contribution in [0.5, 0.6) is 0 Å². The minimum atomic E-state index is -1.62. The number of rotatable bonds is 8. The summed E-state index contributed by atoms with van der Waals surface area (Å²) in [6.45, 7) is 2.09. The fraction of sp³-hybridized carbons (Fsp3) is 0.192. The lowest BCUT2D eigenvalue weighted by Gasteiger charge is -2.27. The molecule has 0 saturated carbocycles. The minimum absolute atomic E-state index is 0.380. The van der Waals surface area contributed by atoms with Gasteiger partial charge in [-0.15, -0.1) is 0 Å². The summed E-state index contributed by atoms with van der Waals surface area (Å²) in [5.41, 5.74) is 3.97. The van der Waals surface area contributed by atoms with E-state index < -0.39 is 24.0 Å². The molecular weight excluding hydrogens is 430 g/mol. The van der Waals surface area contributed by atoms with Crippen molar-refractivity contribution in [1.82, 2.24) is 15.3 Å². The number of fused-ring (bicyclic) bond motifs is 1. The number of hydrogen-bond acceptors (Lipinski definition) is 5. The Labute approximate surface area is 197 Å². The van der Waals surface area contributed by atoms with Gasteiger partial charge in [0.05, 0.1) is 29.1 Å². The molecule has 2 unspecified atom stereocenters. The third-order valence-electron chi connectivity index (χ3n) is 5.69. The Morgan fingerprint density at radius 1 is 1.09 bits per heavy atom. The fourth-order valence-electron chi connectivity index (χ4n) is 3.83. The average Bonchev–Trinajstić information content (AvgIpc) is 3.35. The van der Waals surface area contributed by atoms with Gasteiger partial charge in [-0.3, -0.25) is 9.59 Å². The Kier molecular flexibility index (Phi) is 7.01. The topological polar surface area (TPSA) is 124 Å². The number of aromatic amines is 1. The van der Waals surface area contributed by atoms with Gasteiger partial charge < -0.3 is 15.4 Å². The molecule has 1 heterocycles. The van der Waals surface area contributed by atoms with E-state index in [1.54, 1.807) is 60.9 Å². The molecule has 174 valence electrons. The molecule has 0 aliphatic heterocycles. The highest BCUT2D eigenvalue weighted by Crippen LogP contribution is 2.23. The Bertz CT molecular complexity index is 1270. The second-order valence-corrected chi connectivity index (χ2v) is 8.07. The van der Waals surface area contributed by atoms with Gasteiger partial charge in [0.1, 0.15) is 0 Å². The van der Waals surface area contributed by atoms with E-state index in [1.165, 1.54) is 0 Å². The predicted molar refractivity (Wildman–Crippen MR) is 131 cm³/mol. The van der Waals surface area contributed by atoms with Crippen molar-refractivity contribution >= 4 is 28.5 Å². The van der Waals surface area contributed by atoms with E-state index in [-0.39, 0.29) is 0 Å². The van der Waals surface area contributed by atoms with Crippen LogP contribution >= 0.6 is 0 Å². The molecule has 4 rings (SSSR count). The van der Waals surface area contributed by atoms with Gasteiger partial charge in [0.15, 0.2) is 6.10 Å². The van der Waals surface area contributed by atoms with E-state index in [4.69, 9.17) is 5.84 Å². The smallest absolute Gasteiger partial charge is 0.272 e. The van der Waals surface area contributed by atoms with Crippen LogP contribution in [0.2, 0.25) is 0 Å². The highest BCUT2D eigenvalue weighted by Gasteiger charge is 2.32. The average molecular weight is 458 g/mol. The van der Waals surface area contributed by atoms with Crippen molar-refractivity contribution in [3.63, 3.8) is 0 Å². The van der Waals surface area contributed by atoms with E-state index in [2.05, 4.69) is 22.2 Å². The van der Waals surface area contributed by atoms with Gasteiger partial charge in [-0.25, -0.2) is 15.8 Å². The van der Waals surface area contributed by atoms with Crippen molar-refractivity contribution < 1.29 is 14.7 Å². The van der Waals surface area contributed by atoms with Crippen LogP contribution in [-0.2, 0) is 11.2 Å². The van der Waals surface area contributed by atoms with Crippen molar-refractivity contribution in [3.05, 3.63) is 95.8 Å². The summed E-state index contributed by atoms with van der Waals surface area (Å²) in [5, 5.41) is 14.7. The molecule has 4 aromatic rings. The highest BCUT2D eigenvalue weighted by molar-refractivity contribution is 5.99. The third kappa shape index (κ3) is 4.98. The monoisotopic (exact) mass is 457 g/mol. The molecule has 8 nitrogen and oxygen atoms in total. The van der Waals surface area contributed by atoms with Crippen molar-refractivity contribution in [2.24, 2.45) is 5.84 Å². The number of aliphatic hydroxyl groups is 1. The molecule has 0 bridgehead atoms. The van der Waals surface area contributed by atoms with Crippen LogP contribution in [0.3, 0.4) is 0 Å². The Hall–Kier alpha value is -4.01. The van der Waals surface area contributed by atoms with Crippen LogP contribution in [0.15, 0.2) is 79.1 Å². The number of aliphatic hydroxyl groups excluding tert-OH is 1. The zero-order chi connectivity index (χ0) is 24.1. The van der Waals surface area contributed by atoms with Gasteiger partial charge in [0.2, 0.25) is 0 Å². The van der Waals surface area contributed by atoms with Crippen molar-refractivity contribution in [2.45, 2.75) is 31.9 Å². The Morgan fingerprint density at radius 2 is 1.82 bits per heavy atom. The number of H-pyrrole nitrogens is 1. The molecule has 3 aromatic carbocycles. The summed E-state index contributed by atoms with van der Waals surface area (Å²) in [4.78, 5) is 33.2. The summed E-state index contributed by atoms with van der Waals surface area (Å²) in [6.07, 6.45) is 1.87. The van der Waals surface area contributed by atoms with Crippen LogP contribution in [0.4, 0.5) is 5.69 Å². The van der Waals surface area contributed by atoms with Crippen LogP contribution in [0.25, 0.3) is 11.0 Å². The van der Waals surface area contributed by atoms with E-state index in [0.29, 0.717) is 22.3 Å². The summed E-state index contributed by atoms with van der Waals surface area (Å²) in [7, 11) is 0. The van der Waals surface area contributed by atoms with Crippen molar-refractivity contribution in [1.29, 1.82) is 0 Å². The normalized spacial score (nSPS) is 12.8. The first kappa shape index (κ1) is 23.2. The number of anilines is 1. The van der Waals surface area contributed by atoms with Crippen LogP contribution in [-0.4, -0.2) is 33.0 Å². The Balaban J connectivity index is 1.57. The number of imidazole rings is 1. The fourth-order valence-corrected chi connectivity index (χ4v) is 3.83. The quantitative estimate of drug-likeness (QED) is 0.184. The molecule has 0 saturated heterocycles. The van der Waals surface area contributed by atoms with Crippen molar-refractivity contribution in [3.8, 4) is 0 Å². The zero-order valence-corrected chi connectivity index (χ0v) is 18.8. The van der Waals surface area contributed by atoms with Gasteiger partial charge in [-0.05, 0) is 47.9 Å². The van der Waals surface area contributed by atoms with Crippen LogP contribution in [0.1, 0.15) is 40.9 Å². The van der Waals surface area contributed by atoms with E-state index >= 15 is 0 Å². The molecule has 0 aliphatic rings. The largest absolute Gasteiger partial charge is 0.381 e. The minimum Gasteiger partial charge on any atom is -0.381 e. The second-order valence-electron chi connectivity index (χ2n) is 8.07. The number of aryl methyl sites for hydroxylation is 1. The van der Waals surface area contributed by atoms with Gasteiger partial charge in [-0.2, -0.15) is 0 Å². The molecular formula is C26H27N5O3. The maximum absolute atomic E-state index is 13.1. The first-order valence-electron chi connectivity index (χ1n) is 11.1. The zero-order valence-electron chi connectivity index (χ0n) is 18.8. The molecule has 8 heteroatoms. The molecule has 2 atom stereocenters. The summed E-state index contributed by atoms with van der Waals surface area (Å²) < 4.78 is 0. The van der Waals surface area contributed by atoms with Crippen molar-refractivity contribution in [2.75, 3.05) is 5.01 Å². The Morgan fingerprint density at radius 3 is 2.53 bits per heavy atom. The second kappa shape index (κ2) is 10.3. The third-order valence-corrected chi connectivity index (χ3v) is 5.69. The predicted octanol–water partition coefficient (Wildman–Crippen LogP) is 3.25. The van der Waals surface area contributed by atoms with E-state index in [9.17, 15) is 14.7 Å². The lowest BCUT2D eigenvalue weighted by molar-refractivity contribution is -0.128. The highest BCUT2D eigenvalue weighted by atomic mass is 16.3. The lowest BCUT2D eigenvalue weighted by Crippen LogP contribution is -2.50. The van der Waals surface area contributed by atoms with Crippen LogP contribution < -0.4 is 16.2 Å². The molecule has 0 spiro atoms. The molecule has 0 radical (unpaired) electrons. The number of hydrazine groups is 1. The molecule has 5 N–H and O–H groups in total. The maximum Gasteiger partial charge on any atom is 0.272 e. The number of carbonyl (C=O) groups is 2.